The molecule has 3 aromatic rings. The van der Waals surface area contributed by atoms with Crippen molar-refractivity contribution in [1.29, 1.82) is 0 Å². The van der Waals surface area contributed by atoms with E-state index in [9.17, 15) is 13.6 Å². The molecule has 5 nitrogen and oxygen atoms in total. The summed E-state index contributed by atoms with van der Waals surface area (Å²) < 4.78 is 32.3. The minimum atomic E-state index is -0.710. The van der Waals surface area contributed by atoms with Gasteiger partial charge in [-0.15, -0.1) is 0 Å². The Hall–Kier alpha value is -3.06. The standard InChI is InChI=1S/C21H19F2N3O2/c22-16-6-4-14(5-7-16)18-13-19(26-25-18)20(27)24-21(8-10-28-11-9-21)15-2-1-3-17(23)12-15/h1-7,12-13H,8-11H2,(H,24,27)(H,25,26). The fourth-order valence-electron chi connectivity index (χ4n) is 3.48. The third-order valence-electron chi connectivity index (χ3n) is 5.04. The molecule has 144 valence electrons. The summed E-state index contributed by atoms with van der Waals surface area (Å²) >= 11 is 0. The third kappa shape index (κ3) is 3.66. The van der Waals surface area contributed by atoms with Crippen LogP contribution in [0.2, 0.25) is 0 Å². The number of aromatic amines is 1. The fourth-order valence-corrected chi connectivity index (χ4v) is 3.48. The molecule has 0 bridgehead atoms. The average Bonchev–Trinajstić information content (AvgIpc) is 3.20. The minimum Gasteiger partial charge on any atom is -0.381 e. The maximum Gasteiger partial charge on any atom is 0.270 e. The van der Waals surface area contributed by atoms with E-state index >= 15 is 0 Å². The first-order chi connectivity index (χ1) is 13.6. The van der Waals surface area contributed by atoms with Gasteiger partial charge in [0.2, 0.25) is 0 Å². The number of nitrogens with zero attached hydrogens (tertiary/aromatic N) is 1. The maximum atomic E-state index is 13.8. The lowest BCUT2D eigenvalue weighted by Gasteiger charge is -2.38. The number of carbonyl (C=O) groups excluding carboxylic acids is 1. The molecule has 0 saturated carbocycles. The molecule has 7 heteroatoms. The highest BCUT2D eigenvalue weighted by Crippen LogP contribution is 2.33. The van der Waals surface area contributed by atoms with Crippen molar-refractivity contribution in [3.05, 3.63) is 77.5 Å². The van der Waals surface area contributed by atoms with Crippen molar-refractivity contribution in [2.45, 2.75) is 18.4 Å². The van der Waals surface area contributed by atoms with Crippen molar-refractivity contribution in [2.24, 2.45) is 0 Å². The molecule has 1 aromatic heterocycles. The van der Waals surface area contributed by atoms with Crippen LogP contribution in [-0.4, -0.2) is 29.3 Å². The molecule has 1 aliphatic heterocycles. The molecule has 2 heterocycles. The SMILES string of the molecule is O=C(NC1(c2cccc(F)c2)CCOCC1)c1cc(-c2ccc(F)cc2)n[nH]1. The molecule has 1 aliphatic rings. The van der Waals surface area contributed by atoms with Gasteiger partial charge in [-0.2, -0.15) is 5.10 Å². The largest absolute Gasteiger partial charge is 0.381 e. The second kappa shape index (κ2) is 7.52. The summed E-state index contributed by atoms with van der Waals surface area (Å²) in [6.07, 6.45) is 1.09. The first-order valence-electron chi connectivity index (χ1n) is 9.03. The number of aromatic nitrogens is 2. The molecule has 4 rings (SSSR count). The van der Waals surface area contributed by atoms with Crippen molar-refractivity contribution in [3.63, 3.8) is 0 Å². The molecule has 0 atom stereocenters. The summed E-state index contributed by atoms with van der Waals surface area (Å²) in [7, 11) is 0. The minimum absolute atomic E-state index is 0.279. The van der Waals surface area contributed by atoms with Crippen LogP contribution < -0.4 is 5.32 Å². The van der Waals surface area contributed by atoms with Crippen molar-refractivity contribution in [3.8, 4) is 11.3 Å². The number of carbonyl (C=O) groups is 1. The van der Waals surface area contributed by atoms with Crippen LogP contribution in [0, 0.1) is 11.6 Å². The van der Waals surface area contributed by atoms with Gasteiger partial charge in [0.15, 0.2) is 0 Å². The Morgan fingerprint density at radius 2 is 1.79 bits per heavy atom. The normalized spacial score (nSPS) is 15.9. The van der Waals surface area contributed by atoms with Gasteiger partial charge in [0.25, 0.3) is 5.91 Å². The smallest absolute Gasteiger partial charge is 0.270 e. The quantitative estimate of drug-likeness (QED) is 0.720. The fraction of sp³-hybridized carbons (Fsp3) is 0.238. The Balaban J connectivity index is 1.59. The molecule has 2 aromatic carbocycles. The van der Waals surface area contributed by atoms with E-state index in [1.165, 1.54) is 24.3 Å². The van der Waals surface area contributed by atoms with Crippen molar-refractivity contribution in [2.75, 3.05) is 13.2 Å². The number of ether oxygens (including phenoxy) is 1. The average molecular weight is 383 g/mol. The van der Waals surface area contributed by atoms with E-state index in [-0.39, 0.29) is 23.2 Å². The first-order valence-corrected chi connectivity index (χ1v) is 9.03. The summed E-state index contributed by atoms with van der Waals surface area (Å²) in [4.78, 5) is 12.9. The summed E-state index contributed by atoms with van der Waals surface area (Å²) in [6.45, 7) is 0.946. The maximum absolute atomic E-state index is 13.8. The summed E-state index contributed by atoms with van der Waals surface area (Å²) in [5, 5.41) is 9.92. The molecule has 28 heavy (non-hydrogen) atoms. The monoisotopic (exact) mass is 383 g/mol. The van der Waals surface area contributed by atoms with Crippen molar-refractivity contribution < 1.29 is 18.3 Å². The van der Waals surface area contributed by atoms with E-state index in [2.05, 4.69) is 15.5 Å². The van der Waals surface area contributed by atoms with Crippen LogP contribution in [0.15, 0.2) is 54.6 Å². The van der Waals surface area contributed by atoms with Crippen molar-refractivity contribution >= 4 is 5.91 Å². The number of hydrogen-bond donors (Lipinski definition) is 2. The molecule has 1 fully saturated rings. The second-order valence-electron chi connectivity index (χ2n) is 6.83. The zero-order chi connectivity index (χ0) is 19.6. The molecular formula is C21H19F2N3O2. The van der Waals surface area contributed by atoms with Crippen LogP contribution in [0.1, 0.15) is 28.9 Å². The zero-order valence-corrected chi connectivity index (χ0v) is 15.0. The molecule has 0 spiro atoms. The van der Waals surface area contributed by atoms with Gasteiger partial charge in [-0.25, -0.2) is 8.78 Å². The molecule has 1 amide bonds. The summed E-state index contributed by atoms with van der Waals surface area (Å²) in [6, 6.07) is 13.8. The number of nitrogens with one attached hydrogen (secondary N) is 2. The zero-order valence-electron chi connectivity index (χ0n) is 15.0. The number of halogens is 2. The number of amides is 1. The van der Waals surface area contributed by atoms with E-state index in [0.717, 1.165) is 0 Å². The highest BCUT2D eigenvalue weighted by Gasteiger charge is 2.36. The predicted molar refractivity (Wildman–Crippen MR) is 99.6 cm³/mol. The number of hydrogen-bond acceptors (Lipinski definition) is 3. The molecule has 0 radical (unpaired) electrons. The molecule has 1 saturated heterocycles. The number of rotatable bonds is 4. The highest BCUT2D eigenvalue weighted by atomic mass is 19.1. The Morgan fingerprint density at radius 3 is 2.50 bits per heavy atom. The Labute approximate surface area is 160 Å². The molecule has 2 N–H and O–H groups in total. The molecular weight excluding hydrogens is 364 g/mol. The van der Waals surface area contributed by atoms with E-state index in [1.807, 2.05) is 6.07 Å². The Kier molecular flexibility index (Phi) is 4.92. The van der Waals surface area contributed by atoms with Crippen LogP contribution in [-0.2, 0) is 10.3 Å². The Morgan fingerprint density at radius 1 is 1.04 bits per heavy atom. The van der Waals surface area contributed by atoms with Gasteiger partial charge in [0.1, 0.15) is 17.3 Å². The second-order valence-corrected chi connectivity index (χ2v) is 6.83. The van der Waals surface area contributed by atoms with Crippen molar-refractivity contribution in [1.82, 2.24) is 15.5 Å². The lowest BCUT2D eigenvalue weighted by atomic mass is 9.82. The molecule has 0 unspecified atom stereocenters. The number of benzene rings is 2. The van der Waals surface area contributed by atoms with Crippen LogP contribution in [0.25, 0.3) is 11.3 Å². The van der Waals surface area contributed by atoms with Gasteiger partial charge in [-0.05, 0) is 60.9 Å². The van der Waals surface area contributed by atoms with E-state index in [0.29, 0.717) is 42.9 Å². The van der Waals surface area contributed by atoms with Crippen LogP contribution >= 0.6 is 0 Å². The van der Waals surface area contributed by atoms with E-state index < -0.39 is 5.54 Å². The van der Waals surface area contributed by atoms with Crippen LogP contribution in [0.5, 0.6) is 0 Å². The summed E-state index contributed by atoms with van der Waals surface area (Å²) in [5.74, 6) is -1.03. The number of H-pyrrole nitrogens is 1. The predicted octanol–water partition coefficient (Wildman–Crippen LogP) is 3.79. The molecule has 0 aliphatic carbocycles. The van der Waals surface area contributed by atoms with Gasteiger partial charge in [-0.1, -0.05) is 12.1 Å². The summed E-state index contributed by atoms with van der Waals surface area (Å²) in [5.41, 5.74) is 1.52. The lowest BCUT2D eigenvalue weighted by Crippen LogP contribution is -2.49. The van der Waals surface area contributed by atoms with Gasteiger partial charge >= 0.3 is 0 Å². The van der Waals surface area contributed by atoms with Gasteiger partial charge in [0, 0.05) is 18.8 Å². The van der Waals surface area contributed by atoms with Crippen LogP contribution in [0.4, 0.5) is 8.78 Å². The highest BCUT2D eigenvalue weighted by molar-refractivity contribution is 5.94. The third-order valence-corrected chi connectivity index (χ3v) is 5.04. The first kappa shape index (κ1) is 18.3. The van der Waals surface area contributed by atoms with Gasteiger partial charge < -0.3 is 10.1 Å². The topological polar surface area (TPSA) is 67.0 Å². The Bertz CT molecular complexity index is 979. The van der Waals surface area contributed by atoms with E-state index in [4.69, 9.17) is 4.74 Å². The van der Waals surface area contributed by atoms with Gasteiger partial charge in [-0.3, -0.25) is 9.89 Å². The van der Waals surface area contributed by atoms with Crippen LogP contribution in [0.3, 0.4) is 0 Å². The lowest BCUT2D eigenvalue weighted by molar-refractivity contribution is 0.0343. The van der Waals surface area contributed by atoms with Gasteiger partial charge in [0.05, 0.1) is 11.2 Å². The van der Waals surface area contributed by atoms with E-state index in [1.54, 1.807) is 24.3 Å².